The number of rotatable bonds is 3. The van der Waals surface area contributed by atoms with E-state index in [1.807, 2.05) is 38.1 Å². The minimum Gasteiger partial charge on any atom is -0.325 e. The first-order valence-electron chi connectivity index (χ1n) is 8.17. The third-order valence-electron chi connectivity index (χ3n) is 4.61. The zero-order valence-electron chi connectivity index (χ0n) is 14.4. The quantitative estimate of drug-likeness (QED) is 0.762. The van der Waals surface area contributed by atoms with Crippen molar-refractivity contribution in [2.24, 2.45) is 0 Å². The lowest BCUT2D eigenvalue weighted by atomic mass is 9.85. The first-order valence-corrected chi connectivity index (χ1v) is 8.17. The number of benzene rings is 2. The summed E-state index contributed by atoms with van der Waals surface area (Å²) >= 11 is 0. The maximum Gasteiger partial charge on any atom is 0.255 e. The highest BCUT2D eigenvalue weighted by Crippen LogP contribution is 2.37. The average molecular weight is 347 g/mol. The van der Waals surface area contributed by atoms with Gasteiger partial charge in [0.15, 0.2) is 0 Å². The van der Waals surface area contributed by atoms with Crippen molar-refractivity contribution in [2.45, 2.75) is 19.3 Å². The van der Waals surface area contributed by atoms with Crippen molar-refractivity contribution in [3.8, 4) is 5.69 Å². The molecule has 130 valence electrons. The number of hydrogen-bond donors (Lipinski definition) is 2. The zero-order chi connectivity index (χ0) is 18.3. The van der Waals surface area contributed by atoms with Crippen molar-refractivity contribution in [2.75, 3.05) is 10.6 Å². The third-order valence-corrected chi connectivity index (χ3v) is 4.61. The van der Waals surface area contributed by atoms with Gasteiger partial charge in [0.1, 0.15) is 12.7 Å². The van der Waals surface area contributed by atoms with Gasteiger partial charge in [-0.05, 0) is 61.9 Å². The van der Waals surface area contributed by atoms with E-state index >= 15 is 0 Å². The monoisotopic (exact) mass is 347 g/mol. The van der Waals surface area contributed by atoms with Gasteiger partial charge >= 0.3 is 0 Å². The van der Waals surface area contributed by atoms with E-state index in [-0.39, 0.29) is 11.8 Å². The van der Waals surface area contributed by atoms with Crippen LogP contribution in [-0.2, 0) is 10.2 Å². The van der Waals surface area contributed by atoms with Crippen molar-refractivity contribution in [3.63, 3.8) is 0 Å². The molecule has 2 N–H and O–H groups in total. The highest BCUT2D eigenvalue weighted by atomic mass is 16.2. The predicted molar refractivity (Wildman–Crippen MR) is 97.4 cm³/mol. The van der Waals surface area contributed by atoms with Crippen LogP contribution in [0.15, 0.2) is 55.1 Å². The molecular formula is C19H17N5O2. The van der Waals surface area contributed by atoms with E-state index in [1.165, 1.54) is 0 Å². The molecule has 0 unspecified atom stereocenters. The molecule has 7 heteroatoms. The molecule has 1 aliphatic heterocycles. The fourth-order valence-electron chi connectivity index (χ4n) is 2.97. The number of amides is 2. The van der Waals surface area contributed by atoms with Gasteiger partial charge in [0, 0.05) is 22.6 Å². The average Bonchev–Trinajstić information content (AvgIpc) is 3.23. The number of hydrogen-bond acceptors (Lipinski definition) is 4. The van der Waals surface area contributed by atoms with Gasteiger partial charge in [0.05, 0.1) is 5.41 Å². The predicted octanol–water partition coefficient (Wildman–Crippen LogP) is 2.75. The van der Waals surface area contributed by atoms with E-state index in [9.17, 15) is 9.59 Å². The summed E-state index contributed by atoms with van der Waals surface area (Å²) in [4.78, 5) is 24.6. The number of nitrogens with one attached hydrogen (secondary N) is 2. The summed E-state index contributed by atoms with van der Waals surface area (Å²) in [5, 5.41) is 13.3. The van der Waals surface area contributed by atoms with E-state index in [1.54, 1.807) is 35.4 Å². The molecule has 2 aromatic carbocycles. The molecule has 2 heterocycles. The Hall–Kier alpha value is -3.48. The van der Waals surface area contributed by atoms with Gasteiger partial charge in [-0.15, -0.1) is 10.2 Å². The zero-order valence-corrected chi connectivity index (χ0v) is 14.4. The molecule has 0 saturated carbocycles. The number of anilines is 2. The summed E-state index contributed by atoms with van der Waals surface area (Å²) in [6.45, 7) is 3.69. The highest BCUT2D eigenvalue weighted by molar-refractivity contribution is 6.09. The molecule has 2 amide bonds. The fraction of sp³-hybridized carbons (Fsp3) is 0.158. The Morgan fingerprint density at radius 3 is 2.46 bits per heavy atom. The first-order chi connectivity index (χ1) is 12.4. The van der Waals surface area contributed by atoms with E-state index in [4.69, 9.17) is 0 Å². The number of fused-ring (bicyclic) bond motifs is 1. The molecule has 0 aliphatic carbocycles. The maximum absolute atomic E-state index is 12.6. The van der Waals surface area contributed by atoms with E-state index in [0.29, 0.717) is 11.3 Å². The number of nitrogens with zero attached hydrogens (tertiary/aromatic N) is 3. The number of aromatic nitrogens is 3. The minimum absolute atomic E-state index is 0.0605. The summed E-state index contributed by atoms with van der Waals surface area (Å²) < 4.78 is 1.78. The second-order valence-electron chi connectivity index (χ2n) is 6.71. The van der Waals surface area contributed by atoms with Crippen LogP contribution in [0, 0.1) is 0 Å². The standard InChI is InChI=1S/C19H17N5O2/c1-19(2)15-9-12(3-8-16(15)23-18(19)26)17(25)22-13-4-6-14(7-5-13)24-10-20-21-11-24/h3-11H,1-2H3,(H,22,25)(H,23,26). The van der Waals surface area contributed by atoms with Crippen LogP contribution < -0.4 is 10.6 Å². The van der Waals surface area contributed by atoms with Crippen LogP contribution in [0.1, 0.15) is 29.8 Å². The van der Waals surface area contributed by atoms with Gasteiger partial charge in [-0.1, -0.05) is 0 Å². The Kier molecular flexibility index (Phi) is 3.57. The van der Waals surface area contributed by atoms with E-state index in [0.717, 1.165) is 16.9 Å². The number of carbonyl (C=O) groups excluding carboxylic acids is 2. The lowest BCUT2D eigenvalue weighted by Gasteiger charge is -2.15. The Morgan fingerprint density at radius 1 is 1.08 bits per heavy atom. The fourth-order valence-corrected chi connectivity index (χ4v) is 2.97. The lowest BCUT2D eigenvalue weighted by Crippen LogP contribution is -2.27. The van der Waals surface area contributed by atoms with Crippen molar-refractivity contribution >= 4 is 23.2 Å². The van der Waals surface area contributed by atoms with Crippen LogP contribution in [-0.4, -0.2) is 26.6 Å². The second-order valence-corrected chi connectivity index (χ2v) is 6.71. The van der Waals surface area contributed by atoms with Crippen molar-refractivity contribution in [3.05, 3.63) is 66.2 Å². The SMILES string of the molecule is CC1(C)C(=O)Nc2ccc(C(=O)Nc3ccc(-n4cnnc4)cc3)cc21. The van der Waals surface area contributed by atoms with Crippen LogP contribution in [0.3, 0.4) is 0 Å². The van der Waals surface area contributed by atoms with Crippen LogP contribution in [0.25, 0.3) is 5.69 Å². The Bertz CT molecular complexity index is 991. The van der Waals surface area contributed by atoms with Crippen LogP contribution in [0.5, 0.6) is 0 Å². The van der Waals surface area contributed by atoms with Crippen LogP contribution >= 0.6 is 0 Å². The lowest BCUT2D eigenvalue weighted by molar-refractivity contribution is -0.119. The molecule has 3 aromatic rings. The van der Waals surface area contributed by atoms with Crippen molar-refractivity contribution < 1.29 is 9.59 Å². The Balaban J connectivity index is 1.54. The van der Waals surface area contributed by atoms with Gasteiger partial charge in [-0.25, -0.2) is 0 Å². The minimum atomic E-state index is -0.647. The molecule has 4 rings (SSSR count). The van der Waals surface area contributed by atoms with E-state index in [2.05, 4.69) is 20.8 Å². The molecule has 0 saturated heterocycles. The molecule has 0 fully saturated rings. The highest BCUT2D eigenvalue weighted by Gasteiger charge is 2.38. The van der Waals surface area contributed by atoms with Gasteiger partial charge in [-0.2, -0.15) is 0 Å². The van der Waals surface area contributed by atoms with E-state index < -0.39 is 5.41 Å². The Morgan fingerprint density at radius 2 is 1.77 bits per heavy atom. The summed E-state index contributed by atoms with van der Waals surface area (Å²) in [7, 11) is 0. The summed E-state index contributed by atoms with van der Waals surface area (Å²) in [6.07, 6.45) is 3.21. The molecule has 0 spiro atoms. The molecule has 7 nitrogen and oxygen atoms in total. The van der Waals surface area contributed by atoms with Gasteiger partial charge in [-0.3, -0.25) is 14.2 Å². The second kappa shape index (κ2) is 5.80. The van der Waals surface area contributed by atoms with Crippen molar-refractivity contribution in [1.82, 2.24) is 14.8 Å². The van der Waals surface area contributed by atoms with Crippen molar-refractivity contribution in [1.29, 1.82) is 0 Å². The molecule has 0 bridgehead atoms. The first kappa shape index (κ1) is 16.0. The van der Waals surface area contributed by atoms with Gasteiger partial charge < -0.3 is 10.6 Å². The van der Waals surface area contributed by atoms with Crippen LogP contribution in [0.2, 0.25) is 0 Å². The van der Waals surface area contributed by atoms with Gasteiger partial charge in [0.2, 0.25) is 5.91 Å². The smallest absolute Gasteiger partial charge is 0.255 e. The molecular weight excluding hydrogens is 330 g/mol. The molecule has 26 heavy (non-hydrogen) atoms. The summed E-state index contributed by atoms with van der Waals surface area (Å²) in [5.41, 5.74) is 3.04. The largest absolute Gasteiger partial charge is 0.325 e. The molecule has 1 aliphatic rings. The molecule has 1 aromatic heterocycles. The summed E-state index contributed by atoms with van der Waals surface area (Å²) in [6, 6.07) is 12.6. The maximum atomic E-state index is 12.6. The van der Waals surface area contributed by atoms with Gasteiger partial charge in [0.25, 0.3) is 5.91 Å². The number of carbonyl (C=O) groups is 2. The normalized spacial score (nSPS) is 14.6. The molecule has 0 radical (unpaired) electrons. The van der Waals surface area contributed by atoms with Crippen LogP contribution in [0.4, 0.5) is 11.4 Å². The topological polar surface area (TPSA) is 88.9 Å². The third kappa shape index (κ3) is 2.63. The Labute approximate surface area is 150 Å². The molecule has 0 atom stereocenters. The summed E-state index contributed by atoms with van der Waals surface area (Å²) in [5.74, 6) is -0.283.